The Morgan fingerprint density at radius 1 is 1.18 bits per heavy atom. The van der Waals surface area contributed by atoms with Gasteiger partial charge in [-0.3, -0.25) is 0 Å². The predicted octanol–water partition coefficient (Wildman–Crippen LogP) is 3.80. The summed E-state index contributed by atoms with van der Waals surface area (Å²) in [5.41, 5.74) is 0.729. The van der Waals surface area contributed by atoms with Gasteiger partial charge in [-0.15, -0.1) is 0 Å². The number of hydrogen-bond donors (Lipinski definition) is 0. The van der Waals surface area contributed by atoms with Crippen molar-refractivity contribution in [3.63, 3.8) is 0 Å². The highest BCUT2D eigenvalue weighted by Crippen LogP contribution is 2.36. The molecule has 0 aromatic heterocycles. The molecule has 0 aliphatic heterocycles. The van der Waals surface area contributed by atoms with E-state index in [0.717, 1.165) is 12.0 Å². The van der Waals surface area contributed by atoms with Crippen LogP contribution < -0.4 is 0 Å². The van der Waals surface area contributed by atoms with Crippen molar-refractivity contribution in [2.24, 2.45) is 0 Å². The predicted molar refractivity (Wildman–Crippen MR) is 51.3 cm³/mol. The molecule has 0 aromatic rings. The van der Waals surface area contributed by atoms with E-state index in [4.69, 9.17) is 34.8 Å². The van der Waals surface area contributed by atoms with E-state index in [1.165, 1.54) is 0 Å². The van der Waals surface area contributed by atoms with Crippen LogP contribution in [0.2, 0.25) is 0 Å². The number of alkyl halides is 3. The van der Waals surface area contributed by atoms with Crippen LogP contribution in [0.1, 0.15) is 6.42 Å². The Hall–Kier alpha value is 0.0900. The number of rotatable bonds is 0. The minimum absolute atomic E-state index is 0.729. The molecule has 0 spiro atoms. The SMILES string of the molecule is ClC(Cl)(Cl)C1=CCC=CC=C1. The lowest BCUT2D eigenvalue weighted by molar-refractivity contribution is 1.27. The Bertz CT molecular complexity index is 218. The standard InChI is InChI=1S/C8H7Cl3/c9-8(10,11)7-5-3-1-2-4-6-7/h1-3,5-6H,4H2. The van der Waals surface area contributed by atoms with Gasteiger partial charge in [-0.05, 0) is 12.0 Å². The Kier molecular flexibility index (Phi) is 3.06. The molecule has 1 rings (SSSR count). The molecule has 0 fully saturated rings. The van der Waals surface area contributed by atoms with Crippen LogP contribution in [0.15, 0.2) is 36.0 Å². The molecule has 0 atom stereocenters. The highest BCUT2D eigenvalue weighted by atomic mass is 35.6. The smallest absolute Gasteiger partial charge is 0.0807 e. The molecule has 0 unspecified atom stereocenters. The maximum Gasteiger partial charge on any atom is 0.215 e. The molecule has 0 saturated heterocycles. The van der Waals surface area contributed by atoms with E-state index >= 15 is 0 Å². The van der Waals surface area contributed by atoms with Gasteiger partial charge in [0.15, 0.2) is 0 Å². The monoisotopic (exact) mass is 208 g/mol. The molecule has 0 radical (unpaired) electrons. The third-order valence-corrected chi connectivity index (χ3v) is 1.98. The molecule has 0 N–H and O–H groups in total. The summed E-state index contributed by atoms with van der Waals surface area (Å²) >= 11 is 17.0. The van der Waals surface area contributed by atoms with Gasteiger partial charge in [-0.25, -0.2) is 0 Å². The molecule has 1 aliphatic carbocycles. The second-order valence-electron chi connectivity index (χ2n) is 2.18. The van der Waals surface area contributed by atoms with E-state index in [2.05, 4.69) is 0 Å². The molecular formula is C8H7Cl3. The summed E-state index contributed by atoms with van der Waals surface area (Å²) in [6.45, 7) is 0. The minimum atomic E-state index is -1.29. The van der Waals surface area contributed by atoms with Crippen LogP contribution in [0, 0.1) is 0 Å². The second-order valence-corrected chi connectivity index (χ2v) is 4.46. The molecule has 1 aliphatic rings. The summed E-state index contributed by atoms with van der Waals surface area (Å²) in [5, 5.41) is 0. The van der Waals surface area contributed by atoms with Gasteiger partial charge in [0.05, 0.1) is 0 Å². The summed E-state index contributed by atoms with van der Waals surface area (Å²) in [4.78, 5) is 0. The molecule has 0 saturated carbocycles. The summed E-state index contributed by atoms with van der Waals surface area (Å²) in [7, 11) is 0. The average molecular weight is 210 g/mol. The van der Waals surface area contributed by atoms with E-state index in [1.54, 1.807) is 6.08 Å². The first-order valence-electron chi connectivity index (χ1n) is 3.21. The Balaban J connectivity index is 2.81. The van der Waals surface area contributed by atoms with Gasteiger partial charge in [0.25, 0.3) is 0 Å². The Morgan fingerprint density at radius 3 is 2.55 bits per heavy atom. The van der Waals surface area contributed by atoms with E-state index < -0.39 is 3.79 Å². The van der Waals surface area contributed by atoms with Crippen LogP contribution in [-0.2, 0) is 0 Å². The second kappa shape index (κ2) is 3.66. The zero-order chi connectivity index (χ0) is 8.32. The van der Waals surface area contributed by atoms with Gasteiger partial charge in [0, 0.05) is 0 Å². The molecule has 0 heterocycles. The first-order valence-corrected chi connectivity index (χ1v) is 4.34. The highest BCUT2D eigenvalue weighted by molar-refractivity contribution is 6.69. The maximum absolute atomic E-state index is 5.67. The molecule has 0 nitrogen and oxygen atoms in total. The summed E-state index contributed by atoms with van der Waals surface area (Å²) in [6, 6.07) is 0. The van der Waals surface area contributed by atoms with Crippen molar-refractivity contribution in [1.29, 1.82) is 0 Å². The summed E-state index contributed by atoms with van der Waals surface area (Å²) in [5.74, 6) is 0. The van der Waals surface area contributed by atoms with Crippen LogP contribution in [0.5, 0.6) is 0 Å². The number of halogens is 3. The molecule has 60 valence electrons. The van der Waals surface area contributed by atoms with Crippen molar-refractivity contribution in [3.8, 4) is 0 Å². The van der Waals surface area contributed by atoms with Crippen molar-refractivity contribution in [2.45, 2.75) is 10.2 Å². The van der Waals surface area contributed by atoms with Gasteiger partial charge >= 0.3 is 0 Å². The topological polar surface area (TPSA) is 0 Å². The molecule has 0 bridgehead atoms. The lowest BCUT2D eigenvalue weighted by Gasteiger charge is -2.10. The van der Waals surface area contributed by atoms with Crippen LogP contribution in [-0.4, -0.2) is 3.79 Å². The number of allylic oxidation sites excluding steroid dienone is 6. The van der Waals surface area contributed by atoms with E-state index in [-0.39, 0.29) is 0 Å². The fourth-order valence-electron chi connectivity index (χ4n) is 0.790. The molecular weight excluding hydrogens is 202 g/mol. The van der Waals surface area contributed by atoms with E-state index in [0.29, 0.717) is 0 Å². The molecule has 0 aromatic carbocycles. The lowest BCUT2D eigenvalue weighted by Crippen LogP contribution is -2.04. The minimum Gasteiger partial charge on any atom is -0.0807 e. The van der Waals surface area contributed by atoms with Gasteiger partial charge in [0.2, 0.25) is 3.79 Å². The van der Waals surface area contributed by atoms with Crippen molar-refractivity contribution in [2.75, 3.05) is 0 Å². The van der Waals surface area contributed by atoms with E-state index in [1.807, 2.05) is 24.3 Å². The summed E-state index contributed by atoms with van der Waals surface area (Å²) < 4.78 is -1.29. The zero-order valence-electron chi connectivity index (χ0n) is 5.73. The molecule has 11 heavy (non-hydrogen) atoms. The van der Waals surface area contributed by atoms with Crippen molar-refractivity contribution in [1.82, 2.24) is 0 Å². The normalized spacial score (nSPS) is 17.9. The van der Waals surface area contributed by atoms with Crippen molar-refractivity contribution < 1.29 is 0 Å². The lowest BCUT2D eigenvalue weighted by atomic mass is 10.2. The highest BCUT2D eigenvalue weighted by Gasteiger charge is 2.23. The van der Waals surface area contributed by atoms with Gasteiger partial charge in [0.1, 0.15) is 0 Å². The first kappa shape index (κ1) is 9.18. The third-order valence-electron chi connectivity index (χ3n) is 1.32. The van der Waals surface area contributed by atoms with Crippen LogP contribution in [0.4, 0.5) is 0 Å². The summed E-state index contributed by atoms with van der Waals surface area (Å²) in [6.07, 6.45) is 10.3. The zero-order valence-corrected chi connectivity index (χ0v) is 8.00. The Morgan fingerprint density at radius 2 is 1.91 bits per heavy atom. The van der Waals surface area contributed by atoms with Gasteiger partial charge in [-0.2, -0.15) is 0 Å². The van der Waals surface area contributed by atoms with Gasteiger partial charge < -0.3 is 0 Å². The van der Waals surface area contributed by atoms with Gasteiger partial charge in [-0.1, -0.05) is 65.2 Å². The fourth-order valence-corrected chi connectivity index (χ4v) is 1.21. The molecule has 3 heteroatoms. The fraction of sp³-hybridized carbons (Fsp3) is 0.250. The van der Waals surface area contributed by atoms with Crippen LogP contribution in [0.25, 0.3) is 0 Å². The quantitative estimate of drug-likeness (QED) is 0.532. The largest absolute Gasteiger partial charge is 0.215 e. The van der Waals surface area contributed by atoms with Crippen LogP contribution >= 0.6 is 34.8 Å². The first-order chi connectivity index (χ1) is 5.11. The average Bonchev–Trinajstić information content (AvgIpc) is 2.10. The van der Waals surface area contributed by atoms with Crippen LogP contribution in [0.3, 0.4) is 0 Å². The van der Waals surface area contributed by atoms with Crippen molar-refractivity contribution in [3.05, 3.63) is 36.0 Å². The maximum atomic E-state index is 5.67. The number of hydrogen-bond acceptors (Lipinski definition) is 0. The van der Waals surface area contributed by atoms with E-state index in [9.17, 15) is 0 Å². The third kappa shape index (κ3) is 2.90. The Labute approximate surface area is 81.1 Å². The molecule has 0 amide bonds. The van der Waals surface area contributed by atoms with Crippen molar-refractivity contribution >= 4 is 34.8 Å².